The van der Waals surface area contributed by atoms with E-state index in [1.807, 2.05) is 22.6 Å². The van der Waals surface area contributed by atoms with Gasteiger partial charge < -0.3 is 20.3 Å². The molecule has 1 aliphatic carbocycles. The first-order valence-electron chi connectivity index (χ1n) is 14.6. The van der Waals surface area contributed by atoms with E-state index in [2.05, 4.69) is 31.5 Å². The molecular weight excluding hydrogens is 731 g/mol. The number of aromatic nitrogens is 3. The molecule has 3 heterocycles. The second-order valence-electron chi connectivity index (χ2n) is 11.1. The number of carbonyl (C=O) groups excluding carboxylic acids is 1. The molecule has 1 amide bonds. The summed E-state index contributed by atoms with van der Waals surface area (Å²) >= 11 is 1.96. The Labute approximate surface area is 286 Å². The summed E-state index contributed by atoms with van der Waals surface area (Å²) in [6, 6.07) is 19.9. The van der Waals surface area contributed by atoms with E-state index < -0.39 is 46.9 Å². The number of allylic oxidation sites excluding steroid dienone is 3. The standard InChI is InChI=1S/C33H25IN8O6/c34-16-33(40-41-36)27(21-11-5-7-13-23(21)31(46)47)26(20-10-4-6-12-22(20)30(44)45)32(17-35,48-33)25-15-14-24-28(37-18-38-42(24)25)39-29(43)19-8-2-1-3-9-19/h1-12,14-15,18,23,26-27H,13,16H2,(H,44,45)(H,46,47)(H,37,38,39,43)/t23?,26-,27+,32-,33+/m0/s1. The average molecular weight is 757 g/mol. The van der Waals surface area contributed by atoms with Gasteiger partial charge in [0.2, 0.25) is 5.60 Å². The Kier molecular flexibility index (Phi) is 8.71. The number of ether oxygens (including phenoxy) is 1. The van der Waals surface area contributed by atoms with E-state index in [-0.39, 0.29) is 39.0 Å². The van der Waals surface area contributed by atoms with Crippen molar-refractivity contribution >= 4 is 51.8 Å². The minimum absolute atomic E-state index is 0.0290. The summed E-state index contributed by atoms with van der Waals surface area (Å²) in [5.41, 5.74) is 7.00. The van der Waals surface area contributed by atoms with E-state index in [0.29, 0.717) is 11.1 Å². The van der Waals surface area contributed by atoms with Crippen LogP contribution in [0, 0.1) is 23.2 Å². The van der Waals surface area contributed by atoms with Crippen molar-refractivity contribution in [3.8, 4) is 6.07 Å². The maximum Gasteiger partial charge on any atom is 0.335 e. The maximum atomic E-state index is 13.1. The molecule has 0 bridgehead atoms. The zero-order valence-corrected chi connectivity index (χ0v) is 27.0. The van der Waals surface area contributed by atoms with E-state index in [0.717, 1.165) is 0 Å². The number of nitrogens with zero attached hydrogens (tertiary/aromatic N) is 7. The predicted octanol–water partition coefficient (Wildman–Crippen LogP) is 5.86. The molecule has 2 aliphatic rings. The number of rotatable bonds is 9. The van der Waals surface area contributed by atoms with Crippen molar-refractivity contribution in [3.05, 3.63) is 130 Å². The summed E-state index contributed by atoms with van der Waals surface area (Å²) in [5, 5.41) is 43.1. The summed E-state index contributed by atoms with van der Waals surface area (Å²) < 4.78 is 8.03. The Morgan fingerprint density at radius 3 is 2.56 bits per heavy atom. The first-order chi connectivity index (χ1) is 23.2. The summed E-state index contributed by atoms with van der Waals surface area (Å²) in [5.74, 6) is -6.19. The van der Waals surface area contributed by atoms with Gasteiger partial charge in [0.1, 0.15) is 17.9 Å². The lowest BCUT2D eigenvalue weighted by atomic mass is 9.66. The number of aromatic carboxylic acids is 1. The Morgan fingerprint density at radius 1 is 1.12 bits per heavy atom. The number of fused-ring (bicyclic) bond motifs is 1. The van der Waals surface area contributed by atoms with Gasteiger partial charge in [0.05, 0.1) is 17.2 Å². The van der Waals surface area contributed by atoms with Gasteiger partial charge >= 0.3 is 11.9 Å². The normalized spacial score (nSPS) is 24.7. The molecule has 240 valence electrons. The van der Waals surface area contributed by atoms with Gasteiger partial charge in [-0.25, -0.2) is 14.3 Å². The number of azide groups is 1. The lowest BCUT2D eigenvalue weighted by Gasteiger charge is -2.35. The predicted molar refractivity (Wildman–Crippen MR) is 179 cm³/mol. The number of carboxylic acid groups (broad SMARTS) is 2. The second-order valence-corrected chi connectivity index (χ2v) is 11.9. The number of amides is 1. The fraction of sp³-hybridized carbons (Fsp3) is 0.212. The maximum absolute atomic E-state index is 13.1. The monoisotopic (exact) mass is 756 g/mol. The zero-order valence-electron chi connectivity index (χ0n) is 24.8. The molecule has 1 saturated heterocycles. The van der Waals surface area contributed by atoms with Gasteiger partial charge in [0.25, 0.3) is 5.91 Å². The number of nitrogens with one attached hydrogen (secondary N) is 1. The summed E-state index contributed by atoms with van der Waals surface area (Å²) in [7, 11) is 0. The Hall–Kier alpha value is -5.56. The Morgan fingerprint density at radius 2 is 1.88 bits per heavy atom. The zero-order chi connectivity index (χ0) is 34.1. The van der Waals surface area contributed by atoms with Crippen LogP contribution in [0.5, 0.6) is 0 Å². The number of carboxylic acids is 2. The molecule has 2 aromatic carbocycles. The highest BCUT2D eigenvalue weighted by Gasteiger charge is 2.67. The molecule has 0 saturated carbocycles. The van der Waals surface area contributed by atoms with Crippen LogP contribution >= 0.6 is 22.6 Å². The van der Waals surface area contributed by atoms with E-state index in [1.54, 1.807) is 72.8 Å². The van der Waals surface area contributed by atoms with Crippen molar-refractivity contribution < 1.29 is 29.3 Å². The van der Waals surface area contributed by atoms with Crippen molar-refractivity contribution in [1.82, 2.24) is 14.6 Å². The Bertz CT molecular complexity index is 2100. The highest BCUT2D eigenvalue weighted by atomic mass is 127. The minimum atomic E-state index is -2.11. The van der Waals surface area contributed by atoms with Crippen LogP contribution in [0.15, 0.2) is 102 Å². The average Bonchev–Trinajstić information content (AvgIpc) is 3.67. The van der Waals surface area contributed by atoms with E-state index in [9.17, 15) is 35.4 Å². The fourth-order valence-corrected chi connectivity index (χ4v) is 7.45. The van der Waals surface area contributed by atoms with Crippen molar-refractivity contribution in [2.75, 3.05) is 9.74 Å². The van der Waals surface area contributed by atoms with Gasteiger partial charge in [-0.1, -0.05) is 82.3 Å². The summed E-state index contributed by atoms with van der Waals surface area (Å²) in [6.07, 6.45) is 6.27. The molecule has 0 radical (unpaired) electrons. The molecule has 48 heavy (non-hydrogen) atoms. The number of halogens is 1. The Balaban J connectivity index is 1.63. The minimum Gasteiger partial charge on any atom is -0.481 e. The van der Waals surface area contributed by atoms with Gasteiger partial charge in [-0.15, -0.1) is 0 Å². The van der Waals surface area contributed by atoms with Gasteiger partial charge in [0, 0.05) is 26.7 Å². The molecule has 1 fully saturated rings. The molecule has 1 aliphatic heterocycles. The van der Waals surface area contributed by atoms with Crippen LogP contribution in [0.25, 0.3) is 16.0 Å². The number of benzene rings is 2. The summed E-state index contributed by atoms with van der Waals surface area (Å²) in [4.78, 5) is 45.7. The molecule has 2 aromatic heterocycles. The number of carbonyl (C=O) groups is 3. The first kappa shape index (κ1) is 32.4. The fourth-order valence-electron chi connectivity index (χ4n) is 6.66. The van der Waals surface area contributed by atoms with Crippen LogP contribution < -0.4 is 5.32 Å². The van der Waals surface area contributed by atoms with Gasteiger partial charge in [-0.2, -0.15) is 10.4 Å². The lowest BCUT2D eigenvalue weighted by Crippen LogP contribution is -2.40. The van der Waals surface area contributed by atoms with Crippen LogP contribution in [0.3, 0.4) is 0 Å². The number of anilines is 1. The number of nitriles is 1. The second kappa shape index (κ2) is 12.9. The van der Waals surface area contributed by atoms with Crippen LogP contribution in [0.1, 0.15) is 44.3 Å². The SMILES string of the molecule is N#C[C@@]1(c2ccc3c(NC(=O)c4ccccc4)ncnn23)O[C@@](CI)(N=[N+]=[N-])[C@H](C2=CC=CCC2C(=O)O)[C@@H]1c1ccccc1C(=O)O. The van der Waals surface area contributed by atoms with Gasteiger partial charge in [0.15, 0.2) is 11.5 Å². The van der Waals surface area contributed by atoms with Crippen LogP contribution in [0.2, 0.25) is 0 Å². The molecule has 14 nitrogen and oxygen atoms in total. The quantitative estimate of drug-likeness (QED) is 0.0612. The van der Waals surface area contributed by atoms with Crippen LogP contribution in [-0.4, -0.2) is 52.8 Å². The van der Waals surface area contributed by atoms with Crippen molar-refractivity contribution in [2.24, 2.45) is 17.0 Å². The smallest absolute Gasteiger partial charge is 0.335 e. The van der Waals surface area contributed by atoms with Crippen LogP contribution in [-0.2, 0) is 15.1 Å². The molecule has 4 aromatic rings. The molecule has 0 spiro atoms. The number of hydrogen-bond donors (Lipinski definition) is 3. The number of hydrogen-bond acceptors (Lipinski definition) is 8. The number of alkyl halides is 1. The molecular formula is C33H25IN8O6. The van der Waals surface area contributed by atoms with Crippen LogP contribution in [0.4, 0.5) is 5.82 Å². The first-order valence-corrected chi connectivity index (χ1v) is 16.1. The van der Waals surface area contributed by atoms with E-state index >= 15 is 0 Å². The topological polar surface area (TPSA) is 216 Å². The molecule has 15 heteroatoms. The molecule has 5 atom stereocenters. The summed E-state index contributed by atoms with van der Waals surface area (Å²) in [6.45, 7) is 0. The highest BCUT2D eigenvalue weighted by molar-refractivity contribution is 14.1. The molecule has 6 rings (SSSR count). The van der Waals surface area contributed by atoms with Crippen molar-refractivity contribution in [2.45, 2.75) is 23.7 Å². The largest absolute Gasteiger partial charge is 0.481 e. The van der Waals surface area contributed by atoms with Gasteiger partial charge in [-0.05, 0) is 53.4 Å². The third-order valence-electron chi connectivity index (χ3n) is 8.65. The van der Waals surface area contributed by atoms with Gasteiger partial charge in [-0.3, -0.25) is 9.59 Å². The van der Waals surface area contributed by atoms with Crippen molar-refractivity contribution in [3.63, 3.8) is 0 Å². The highest BCUT2D eigenvalue weighted by Crippen LogP contribution is 2.62. The lowest BCUT2D eigenvalue weighted by molar-refractivity contribution is -0.140. The third kappa shape index (κ3) is 5.25. The van der Waals surface area contributed by atoms with E-state index in [4.69, 9.17) is 4.74 Å². The molecule has 3 N–H and O–H groups in total. The number of aliphatic carboxylic acids is 1. The third-order valence-corrected chi connectivity index (χ3v) is 9.74. The van der Waals surface area contributed by atoms with Crippen molar-refractivity contribution in [1.29, 1.82) is 5.26 Å². The van der Waals surface area contributed by atoms with E-state index in [1.165, 1.54) is 23.0 Å². The molecule has 1 unspecified atom stereocenters.